The third-order valence-electron chi connectivity index (χ3n) is 4.22. The van der Waals surface area contributed by atoms with Gasteiger partial charge in [-0.3, -0.25) is 14.3 Å². The maximum Gasteiger partial charge on any atom is 0.266 e. The highest BCUT2D eigenvalue weighted by atomic mass is 79.9. The van der Waals surface area contributed by atoms with Crippen molar-refractivity contribution in [3.63, 3.8) is 0 Å². The van der Waals surface area contributed by atoms with Crippen LogP contribution < -0.4 is 10.9 Å². The Morgan fingerprint density at radius 3 is 2.79 bits per heavy atom. The topological polar surface area (TPSA) is 72.3 Å². The first-order chi connectivity index (χ1) is 11.6. The molecule has 1 aliphatic rings. The summed E-state index contributed by atoms with van der Waals surface area (Å²) in [6.07, 6.45) is 0. The molecule has 7 nitrogen and oxygen atoms in total. The molecule has 1 fully saturated rings. The van der Waals surface area contributed by atoms with E-state index in [4.69, 9.17) is 4.74 Å². The molecule has 0 aromatic carbocycles. The smallest absolute Gasteiger partial charge is 0.266 e. The number of hydrogen-bond acceptors (Lipinski definition) is 6. The average molecular weight is 396 g/mol. The SMILES string of the molecule is CCn1c(=O)c(Br)cc2c(C)nc(NCCN3CCOCC3)nc21. The molecule has 0 aliphatic carbocycles. The van der Waals surface area contributed by atoms with Gasteiger partial charge in [0.05, 0.1) is 23.4 Å². The van der Waals surface area contributed by atoms with Crippen LogP contribution >= 0.6 is 15.9 Å². The number of aryl methyl sites for hydroxylation is 2. The van der Waals surface area contributed by atoms with Gasteiger partial charge in [-0.05, 0) is 35.8 Å². The van der Waals surface area contributed by atoms with E-state index in [1.165, 1.54) is 0 Å². The third kappa shape index (κ3) is 3.60. The number of ether oxygens (including phenoxy) is 1. The molecular weight excluding hydrogens is 374 g/mol. The van der Waals surface area contributed by atoms with Gasteiger partial charge in [0.2, 0.25) is 5.95 Å². The largest absolute Gasteiger partial charge is 0.379 e. The van der Waals surface area contributed by atoms with E-state index >= 15 is 0 Å². The van der Waals surface area contributed by atoms with E-state index in [1.54, 1.807) is 10.6 Å². The van der Waals surface area contributed by atoms with Gasteiger partial charge in [-0.1, -0.05) is 0 Å². The number of morpholine rings is 1. The molecule has 3 heterocycles. The number of aromatic nitrogens is 3. The molecule has 0 unspecified atom stereocenters. The number of hydrogen-bond donors (Lipinski definition) is 1. The van der Waals surface area contributed by atoms with E-state index in [2.05, 4.69) is 36.1 Å². The van der Waals surface area contributed by atoms with Gasteiger partial charge in [0, 0.05) is 38.1 Å². The first kappa shape index (κ1) is 17.3. The zero-order valence-corrected chi connectivity index (χ0v) is 15.6. The highest BCUT2D eigenvalue weighted by molar-refractivity contribution is 9.10. The van der Waals surface area contributed by atoms with E-state index < -0.39 is 0 Å². The minimum Gasteiger partial charge on any atom is -0.379 e. The lowest BCUT2D eigenvalue weighted by Gasteiger charge is -2.26. The van der Waals surface area contributed by atoms with E-state index in [-0.39, 0.29) is 5.56 Å². The molecule has 0 atom stereocenters. The molecule has 1 aliphatic heterocycles. The standard InChI is InChI=1S/C16H22BrN5O2/c1-3-22-14-12(10-13(17)15(22)23)11(2)19-16(20-14)18-4-5-21-6-8-24-9-7-21/h10H,3-9H2,1-2H3,(H,18,19,20). The summed E-state index contributed by atoms with van der Waals surface area (Å²) in [5, 5.41) is 4.17. The summed E-state index contributed by atoms with van der Waals surface area (Å²) < 4.78 is 7.56. The Hall–Kier alpha value is -1.51. The van der Waals surface area contributed by atoms with Crippen molar-refractivity contribution in [1.82, 2.24) is 19.4 Å². The van der Waals surface area contributed by atoms with Gasteiger partial charge < -0.3 is 10.1 Å². The van der Waals surface area contributed by atoms with Crippen molar-refractivity contribution in [2.75, 3.05) is 44.7 Å². The first-order valence-electron chi connectivity index (χ1n) is 8.22. The summed E-state index contributed by atoms with van der Waals surface area (Å²) in [6, 6.07) is 1.80. The van der Waals surface area contributed by atoms with Gasteiger partial charge in [0.1, 0.15) is 5.65 Å². The van der Waals surface area contributed by atoms with Crippen LogP contribution in [0, 0.1) is 6.92 Å². The minimum atomic E-state index is -0.0673. The summed E-state index contributed by atoms with van der Waals surface area (Å²) in [4.78, 5) is 23.7. The second-order valence-corrected chi connectivity index (χ2v) is 6.65. The van der Waals surface area contributed by atoms with Crippen LogP contribution in [0.5, 0.6) is 0 Å². The Bertz CT molecular complexity index is 786. The summed E-state index contributed by atoms with van der Waals surface area (Å²) in [6.45, 7) is 9.64. The second kappa shape index (κ2) is 7.58. The highest BCUT2D eigenvalue weighted by Gasteiger charge is 2.13. The number of rotatable bonds is 5. The monoisotopic (exact) mass is 395 g/mol. The van der Waals surface area contributed by atoms with E-state index in [1.807, 2.05) is 13.8 Å². The predicted molar refractivity (Wildman–Crippen MR) is 97.7 cm³/mol. The van der Waals surface area contributed by atoms with Crippen molar-refractivity contribution >= 4 is 32.9 Å². The molecule has 130 valence electrons. The van der Waals surface area contributed by atoms with Crippen molar-refractivity contribution in [2.45, 2.75) is 20.4 Å². The van der Waals surface area contributed by atoms with Crippen LogP contribution in [0.15, 0.2) is 15.3 Å². The van der Waals surface area contributed by atoms with Gasteiger partial charge >= 0.3 is 0 Å². The van der Waals surface area contributed by atoms with Crippen LogP contribution in [0.2, 0.25) is 0 Å². The molecule has 1 N–H and O–H groups in total. The first-order valence-corrected chi connectivity index (χ1v) is 9.01. The molecule has 24 heavy (non-hydrogen) atoms. The Morgan fingerprint density at radius 1 is 1.33 bits per heavy atom. The number of fused-ring (bicyclic) bond motifs is 1. The lowest BCUT2D eigenvalue weighted by Crippen LogP contribution is -2.39. The molecular formula is C16H22BrN5O2. The maximum absolute atomic E-state index is 12.3. The molecule has 0 bridgehead atoms. The second-order valence-electron chi connectivity index (χ2n) is 5.79. The average Bonchev–Trinajstić information content (AvgIpc) is 2.58. The summed E-state index contributed by atoms with van der Waals surface area (Å²) >= 11 is 3.33. The number of halogens is 1. The molecule has 1 saturated heterocycles. The maximum atomic E-state index is 12.3. The fourth-order valence-corrected chi connectivity index (χ4v) is 3.32. The van der Waals surface area contributed by atoms with Crippen molar-refractivity contribution in [3.05, 3.63) is 26.6 Å². The zero-order valence-electron chi connectivity index (χ0n) is 14.0. The Labute approximate surface area is 149 Å². The van der Waals surface area contributed by atoms with E-state index in [9.17, 15) is 4.79 Å². The van der Waals surface area contributed by atoms with Crippen LogP contribution in [0.25, 0.3) is 11.0 Å². The van der Waals surface area contributed by atoms with Gasteiger partial charge in [0.25, 0.3) is 5.56 Å². The van der Waals surface area contributed by atoms with Crippen molar-refractivity contribution in [1.29, 1.82) is 0 Å². The summed E-state index contributed by atoms with van der Waals surface area (Å²) in [5.74, 6) is 0.567. The van der Waals surface area contributed by atoms with Gasteiger partial charge in [-0.15, -0.1) is 0 Å². The predicted octanol–water partition coefficient (Wildman–Crippen LogP) is 1.63. The van der Waals surface area contributed by atoms with Crippen LogP contribution in [-0.4, -0.2) is 58.8 Å². The van der Waals surface area contributed by atoms with Crippen molar-refractivity contribution in [2.24, 2.45) is 0 Å². The molecule has 8 heteroatoms. The number of anilines is 1. The van der Waals surface area contributed by atoms with Crippen LogP contribution in [0.4, 0.5) is 5.95 Å². The molecule has 0 amide bonds. The molecule has 0 radical (unpaired) electrons. The normalized spacial score (nSPS) is 15.8. The quantitative estimate of drug-likeness (QED) is 0.829. The fraction of sp³-hybridized carbons (Fsp3) is 0.562. The van der Waals surface area contributed by atoms with E-state index in [0.29, 0.717) is 22.6 Å². The Kier molecular flexibility index (Phi) is 5.47. The van der Waals surface area contributed by atoms with Crippen LogP contribution in [0.1, 0.15) is 12.6 Å². The minimum absolute atomic E-state index is 0.0673. The number of nitrogens with one attached hydrogen (secondary N) is 1. The molecule has 0 saturated carbocycles. The van der Waals surface area contributed by atoms with Crippen LogP contribution in [-0.2, 0) is 11.3 Å². The zero-order chi connectivity index (χ0) is 17.1. The molecule has 2 aromatic rings. The lowest BCUT2D eigenvalue weighted by molar-refractivity contribution is 0.0398. The summed E-state index contributed by atoms with van der Waals surface area (Å²) in [7, 11) is 0. The van der Waals surface area contributed by atoms with Gasteiger partial charge in [-0.2, -0.15) is 4.98 Å². The van der Waals surface area contributed by atoms with Gasteiger partial charge in [-0.25, -0.2) is 4.98 Å². The summed E-state index contributed by atoms with van der Waals surface area (Å²) in [5.41, 5.74) is 1.46. The third-order valence-corrected chi connectivity index (χ3v) is 4.79. The molecule has 2 aromatic heterocycles. The van der Waals surface area contributed by atoms with E-state index in [0.717, 1.165) is 50.5 Å². The van der Waals surface area contributed by atoms with Crippen LogP contribution in [0.3, 0.4) is 0 Å². The van der Waals surface area contributed by atoms with Crippen molar-refractivity contribution < 1.29 is 4.74 Å². The highest BCUT2D eigenvalue weighted by Crippen LogP contribution is 2.19. The molecule has 0 spiro atoms. The van der Waals surface area contributed by atoms with Gasteiger partial charge in [0.15, 0.2) is 0 Å². The van der Waals surface area contributed by atoms with Crippen molar-refractivity contribution in [3.8, 4) is 0 Å². The molecule has 3 rings (SSSR count). The Balaban J connectivity index is 1.81. The Morgan fingerprint density at radius 2 is 2.08 bits per heavy atom. The fourth-order valence-electron chi connectivity index (χ4n) is 2.88. The number of nitrogens with zero attached hydrogens (tertiary/aromatic N) is 4. The number of pyridine rings is 1. The lowest BCUT2D eigenvalue weighted by atomic mass is 10.2.